The van der Waals surface area contributed by atoms with E-state index in [1.54, 1.807) is 36.3 Å². The molecule has 2 aromatic rings. The van der Waals surface area contributed by atoms with Gasteiger partial charge in [-0.15, -0.1) is 12.4 Å². The normalized spacial score (nSPS) is 16.1. The summed E-state index contributed by atoms with van der Waals surface area (Å²) < 4.78 is 25.4. The molecule has 0 bridgehead atoms. The Morgan fingerprint density at radius 3 is 2.61 bits per heavy atom. The molecule has 0 spiro atoms. The van der Waals surface area contributed by atoms with Crippen LogP contribution in [-0.2, 0) is 11.3 Å². The molecule has 2 aliphatic heterocycles. The summed E-state index contributed by atoms with van der Waals surface area (Å²) in [6, 6.07) is 10.2. The Labute approximate surface area is 169 Å². The number of nitrogens with one attached hydrogen (secondary N) is 1. The third-order valence-corrected chi connectivity index (χ3v) is 4.93. The molecule has 150 valence electrons. The monoisotopic (exact) mass is 407 g/mol. The standard InChI is InChI=1S/C20H22FN3O3.ClH/c1-26-15-10-17(23-8-6-22-7-9-23)20-18(11-15)24(19(25)13-27-20)12-14-4-2-3-5-16(14)21;/h2-5,10-11,22H,6-9,12-13H2,1H3;1H. The molecular weight excluding hydrogens is 385 g/mol. The van der Waals surface area contributed by atoms with Gasteiger partial charge in [-0.1, -0.05) is 18.2 Å². The quantitative estimate of drug-likeness (QED) is 0.844. The molecule has 0 aromatic heterocycles. The van der Waals surface area contributed by atoms with Crippen molar-refractivity contribution in [3.63, 3.8) is 0 Å². The summed E-state index contributed by atoms with van der Waals surface area (Å²) in [5.74, 6) is 0.751. The van der Waals surface area contributed by atoms with Crippen LogP contribution in [0, 0.1) is 5.82 Å². The molecule has 0 atom stereocenters. The highest BCUT2D eigenvalue weighted by Crippen LogP contribution is 2.44. The zero-order valence-corrected chi connectivity index (χ0v) is 16.4. The number of carbonyl (C=O) groups is 1. The highest BCUT2D eigenvalue weighted by Gasteiger charge is 2.31. The van der Waals surface area contributed by atoms with Crippen molar-refractivity contribution in [2.75, 3.05) is 49.7 Å². The maximum absolute atomic E-state index is 14.2. The molecule has 6 nitrogen and oxygen atoms in total. The van der Waals surface area contributed by atoms with Gasteiger partial charge in [0, 0.05) is 43.9 Å². The molecular formula is C20H23ClFN3O3. The topological polar surface area (TPSA) is 54.0 Å². The number of hydrogen-bond donors (Lipinski definition) is 1. The van der Waals surface area contributed by atoms with Crippen molar-refractivity contribution in [2.24, 2.45) is 0 Å². The van der Waals surface area contributed by atoms with Gasteiger partial charge in [-0.2, -0.15) is 0 Å². The SMILES string of the molecule is COc1cc(N2CCNCC2)c2c(c1)N(Cc1ccccc1F)C(=O)CO2.Cl. The first-order valence-electron chi connectivity index (χ1n) is 9.01. The fourth-order valence-electron chi connectivity index (χ4n) is 3.50. The second kappa shape index (κ2) is 8.67. The summed E-state index contributed by atoms with van der Waals surface area (Å²) in [6.45, 7) is 3.52. The number of ether oxygens (including phenoxy) is 2. The molecule has 1 amide bonds. The van der Waals surface area contributed by atoms with Crippen molar-refractivity contribution in [3.8, 4) is 11.5 Å². The molecule has 2 heterocycles. The van der Waals surface area contributed by atoms with Crippen molar-refractivity contribution in [3.05, 3.63) is 47.8 Å². The maximum Gasteiger partial charge on any atom is 0.265 e. The molecule has 0 unspecified atom stereocenters. The van der Waals surface area contributed by atoms with Crippen LogP contribution in [-0.4, -0.2) is 45.8 Å². The first-order valence-corrected chi connectivity index (χ1v) is 9.01. The van der Waals surface area contributed by atoms with Crippen LogP contribution < -0.4 is 24.6 Å². The smallest absolute Gasteiger partial charge is 0.265 e. The van der Waals surface area contributed by atoms with Crippen LogP contribution in [0.15, 0.2) is 36.4 Å². The van der Waals surface area contributed by atoms with Crippen molar-refractivity contribution < 1.29 is 18.7 Å². The predicted molar refractivity (Wildman–Crippen MR) is 108 cm³/mol. The predicted octanol–water partition coefficient (Wildman–Crippen LogP) is 2.59. The Morgan fingerprint density at radius 1 is 1.18 bits per heavy atom. The van der Waals surface area contributed by atoms with Gasteiger partial charge in [-0.3, -0.25) is 4.79 Å². The molecule has 1 fully saturated rings. The molecule has 2 aliphatic rings. The molecule has 1 saturated heterocycles. The second-order valence-corrected chi connectivity index (χ2v) is 6.59. The fourth-order valence-corrected chi connectivity index (χ4v) is 3.50. The number of hydrogen-bond acceptors (Lipinski definition) is 5. The lowest BCUT2D eigenvalue weighted by molar-refractivity contribution is -0.121. The highest BCUT2D eigenvalue weighted by molar-refractivity contribution is 5.99. The van der Waals surface area contributed by atoms with Gasteiger partial charge >= 0.3 is 0 Å². The van der Waals surface area contributed by atoms with Gasteiger partial charge in [-0.25, -0.2) is 4.39 Å². The van der Waals surface area contributed by atoms with E-state index in [-0.39, 0.29) is 37.3 Å². The molecule has 0 aliphatic carbocycles. The van der Waals surface area contributed by atoms with Crippen LogP contribution >= 0.6 is 12.4 Å². The Morgan fingerprint density at radius 2 is 1.89 bits per heavy atom. The number of methoxy groups -OCH3 is 1. The van der Waals surface area contributed by atoms with E-state index in [4.69, 9.17) is 9.47 Å². The largest absolute Gasteiger partial charge is 0.497 e. The van der Waals surface area contributed by atoms with E-state index in [1.165, 1.54) is 6.07 Å². The third-order valence-electron chi connectivity index (χ3n) is 4.93. The average molecular weight is 408 g/mol. The third kappa shape index (κ3) is 3.86. The first-order chi connectivity index (χ1) is 13.2. The number of amides is 1. The van der Waals surface area contributed by atoms with Crippen molar-refractivity contribution in [1.82, 2.24) is 5.32 Å². The second-order valence-electron chi connectivity index (χ2n) is 6.59. The van der Waals surface area contributed by atoms with Crippen molar-refractivity contribution >= 4 is 29.7 Å². The molecule has 4 rings (SSSR count). The molecule has 0 radical (unpaired) electrons. The lowest BCUT2D eigenvalue weighted by Gasteiger charge is -2.36. The van der Waals surface area contributed by atoms with Crippen LogP contribution in [0.5, 0.6) is 11.5 Å². The van der Waals surface area contributed by atoms with E-state index in [1.807, 2.05) is 6.07 Å². The van der Waals surface area contributed by atoms with Gasteiger partial charge in [-0.05, 0) is 6.07 Å². The number of anilines is 2. The van der Waals surface area contributed by atoms with E-state index < -0.39 is 0 Å². The van der Waals surface area contributed by atoms with Crippen molar-refractivity contribution in [2.45, 2.75) is 6.54 Å². The number of halogens is 2. The maximum atomic E-state index is 14.2. The lowest BCUT2D eigenvalue weighted by Crippen LogP contribution is -2.44. The van der Waals surface area contributed by atoms with Gasteiger partial charge < -0.3 is 24.6 Å². The van der Waals surface area contributed by atoms with Crippen LogP contribution in [0.3, 0.4) is 0 Å². The van der Waals surface area contributed by atoms with E-state index in [2.05, 4.69) is 10.2 Å². The summed E-state index contributed by atoms with van der Waals surface area (Å²) in [4.78, 5) is 16.4. The van der Waals surface area contributed by atoms with E-state index in [0.29, 0.717) is 22.7 Å². The highest BCUT2D eigenvalue weighted by atomic mass is 35.5. The van der Waals surface area contributed by atoms with Gasteiger partial charge in [0.15, 0.2) is 12.4 Å². The molecule has 1 N–H and O–H groups in total. The van der Waals surface area contributed by atoms with Gasteiger partial charge in [0.1, 0.15) is 11.6 Å². The molecule has 0 saturated carbocycles. The molecule has 8 heteroatoms. The fraction of sp³-hybridized carbons (Fsp3) is 0.350. The minimum absolute atomic E-state index is 0. The van der Waals surface area contributed by atoms with Crippen molar-refractivity contribution in [1.29, 1.82) is 0 Å². The van der Waals surface area contributed by atoms with Gasteiger partial charge in [0.05, 0.1) is 25.0 Å². The number of carbonyl (C=O) groups excluding carboxylic acids is 1. The average Bonchev–Trinajstić information content (AvgIpc) is 2.71. The zero-order chi connectivity index (χ0) is 18.8. The summed E-state index contributed by atoms with van der Waals surface area (Å²) in [7, 11) is 1.59. The van der Waals surface area contributed by atoms with Crippen LogP contribution in [0.25, 0.3) is 0 Å². The van der Waals surface area contributed by atoms with Crippen LogP contribution in [0.1, 0.15) is 5.56 Å². The Bertz CT molecular complexity index is 859. The number of nitrogens with zero attached hydrogens (tertiary/aromatic N) is 2. The zero-order valence-electron chi connectivity index (χ0n) is 15.6. The Hall–Kier alpha value is -2.51. The molecule has 2 aromatic carbocycles. The minimum atomic E-state index is -0.330. The number of rotatable bonds is 4. The Kier molecular flexibility index (Phi) is 6.26. The molecule has 28 heavy (non-hydrogen) atoms. The number of fused-ring (bicyclic) bond motifs is 1. The first kappa shape index (κ1) is 20.2. The summed E-state index contributed by atoms with van der Waals surface area (Å²) >= 11 is 0. The van der Waals surface area contributed by atoms with E-state index >= 15 is 0 Å². The number of piperazine rings is 1. The number of benzene rings is 2. The van der Waals surface area contributed by atoms with Gasteiger partial charge in [0.2, 0.25) is 0 Å². The van der Waals surface area contributed by atoms with E-state index in [9.17, 15) is 9.18 Å². The minimum Gasteiger partial charge on any atom is -0.497 e. The van der Waals surface area contributed by atoms with Crippen LogP contribution in [0.4, 0.5) is 15.8 Å². The van der Waals surface area contributed by atoms with E-state index in [0.717, 1.165) is 31.9 Å². The van der Waals surface area contributed by atoms with Gasteiger partial charge in [0.25, 0.3) is 5.91 Å². The summed E-state index contributed by atoms with van der Waals surface area (Å²) in [5, 5.41) is 3.33. The van der Waals surface area contributed by atoms with Crippen LogP contribution in [0.2, 0.25) is 0 Å². The summed E-state index contributed by atoms with van der Waals surface area (Å²) in [5.41, 5.74) is 1.98. The Balaban J connectivity index is 0.00000225. The summed E-state index contributed by atoms with van der Waals surface area (Å²) in [6.07, 6.45) is 0. The lowest BCUT2D eigenvalue weighted by atomic mass is 10.1.